The van der Waals surface area contributed by atoms with Crippen molar-refractivity contribution in [2.45, 2.75) is 25.6 Å². The molecule has 1 aliphatic heterocycles. The molecular weight excluding hydrogens is 374 g/mol. The minimum Gasteiger partial charge on any atom is -0.456 e. The van der Waals surface area contributed by atoms with E-state index in [1.165, 1.54) is 0 Å². The summed E-state index contributed by atoms with van der Waals surface area (Å²) < 4.78 is 12.2. The van der Waals surface area contributed by atoms with Crippen molar-refractivity contribution >= 4 is 21.8 Å². The molecule has 2 aromatic rings. The SMILES string of the molecule is O=C(NO[C@@H]1CCCCO1)c1ccccc1Oc1cccc(Br)c1. The number of rotatable bonds is 5. The number of ether oxygens (including phenoxy) is 2. The van der Waals surface area contributed by atoms with E-state index in [1.807, 2.05) is 30.3 Å². The average Bonchev–Trinajstić information content (AvgIpc) is 2.61. The fraction of sp³-hybridized carbons (Fsp3) is 0.278. The van der Waals surface area contributed by atoms with Gasteiger partial charge in [0.05, 0.1) is 5.56 Å². The van der Waals surface area contributed by atoms with Gasteiger partial charge in [-0.25, -0.2) is 10.3 Å². The van der Waals surface area contributed by atoms with Crippen molar-refractivity contribution in [2.75, 3.05) is 6.61 Å². The lowest BCUT2D eigenvalue weighted by Crippen LogP contribution is -2.33. The van der Waals surface area contributed by atoms with Gasteiger partial charge in [-0.05, 0) is 43.2 Å². The van der Waals surface area contributed by atoms with Gasteiger partial charge in [-0.3, -0.25) is 4.79 Å². The molecule has 126 valence electrons. The van der Waals surface area contributed by atoms with E-state index in [-0.39, 0.29) is 12.2 Å². The highest BCUT2D eigenvalue weighted by molar-refractivity contribution is 9.10. The molecule has 1 heterocycles. The molecule has 1 aliphatic rings. The van der Waals surface area contributed by atoms with E-state index in [0.717, 1.165) is 23.7 Å². The Balaban J connectivity index is 1.67. The molecule has 0 radical (unpaired) electrons. The summed E-state index contributed by atoms with van der Waals surface area (Å²) in [7, 11) is 0. The second-order valence-corrected chi connectivity index (χ2v) is 6.32. The maximum atomic E-state index is 12.4. The molecule has 1 fully saturated rings. The molecule has 0 aliphatic carbocycles. The van der Waals surface area contributed by atoms with Gasteiger partial charge in [0.2, 0.25) is 0 Å². The van der Waals surface area contributed by atoms with Gasteiger partial charge < -0.3 is 9.47 Å². The summed E-state index contributed by atoms with van der Waals surface area (Å²) in [5.41, 5.74) is 2.85. The number of carbonyl (C=O) groups excluding carboxylic acids is 1. The zero-order chi connectivity index (χ0) is 16.8. The third kappa shape index (κ3) is 4.56. The topological polar surface area (TPSA) is 56.8 Å². The Morgan fingerprint density at radius 3 is 2.83 bits per heavy atom. The summed E-state index contributed by atoms with van der Waals surface area (Å²) in [6.45, 7) is 0.656. The van der Waals surface area contributed by atoms with Crippen LogP contribution in [0, 0.1) is 0 Å². The third-order valence-electron chi connectivity index (χ3n) is 3.58. The Hall–Kier alpha value is -1.89. The number of hydrogen-bond acceptors (Lipinski definition) is 4. The predicted octanol–water partition coefficient (Wildman–Crippen LogP) is 4.43. The summed E-state index contributed by atoms with van der Waals surface area (Å²) in [4.78, 5) is 17.7. The highest BCUT2D eigenvalue weighted by atomic mass is 79.9. The van der Waals surface area contributed by atoms with Crippen molar-refractivity contribution in [2.24, 2.45) is 0 Å². The van der Waals surface area contributed by atoms with E-state index in [1.54, 1.807) is 18.2 Å². The molecule has 2 aromatic carbocycles. The minimum atomic E-state index is -0.388. The maximum Gasteiger partial charge on any atom is 0.278 e. The summed E-state index contributed by atoms with van der Waals surface area (Å²) in [6, 6.07) is 14.5. The van der Waals surface area contributed by atoms with Crippen molar-refractivity contribution in [3.05, 3.63) is 58.6 Å². The van der Waals surface area contributed by atoms with Crippen LogP contribution in [-0.2, 0) is 9.57 Å². The summed E-state index contributed by atoms with van der Waals surface area (Å²) in [5, 5.41) is 0. The van der Waals surface area contributed by atoms with Crippen molar-refractivity contribution in [3.63, 3.8) is 0 Å². The number of hydrogen-bond donors (Lipinski definition) is 1. The van der Waals surface area contributed by atoms with Gasteiger partial charge in [0, 0.05) is 17.5 Å². The molecule has 3 rings (SSSR count). The fourth-order valence-electron chi connectivity index (χ4n) is 2.38. The molecule has 1 N–H and O–H groups in total. The molecule has 0 saturated carbocycles. The zero-order valence-electron chi connectivity index (χ0n) is 13.0. The Labute approximate surface area is 149 Å². The molecule has 6 heteroatoms. The molecule has 5 nitrogen and oxygen atoms in total. The smallest absolute Gasteiger partial charge is 0.278 e. The van der Waals surface area contributed by atoms with Gasteiger partial charge in [-0.1, -0.05) is 34.1 Å². The highest BCUT2D eigenvalue weighted by Gasteiger charge is 2.18. The number of para-hydroxylation sites is 1. The molecule has 0 spiro atoms. The van der Waals surface area contributed by atoms with Crippen LogP contribution in [0.15, 0.2) is 53.0 Å². The fourth-order valence-corrected chi connectivity index (χ4v) is 2.76. The van der Waals surface area contributed by atoms with Crippen LogP contribution in [0.4, 0.5) is 0 Å². The van der Waals surface area contributed by atoms with Crippen LogP contribution in [0.25, 0.3) is 0 Å². The Kier molecular flexibility index (Phi) is 5.85. The molecule has 1 atom stereocenters. The van der Waals surface area contributed by atoms with Gasteiger partial charge in [0.1, 0.15) is 11.5 Å². The lowest BCUT2D eigenvalue weighted by Gasteiger charge is -2.22. The molecular formula is C18H18BrNO4. The predicted molar refractivity (Wildman–Crippen MR) is 92.8 cm³/mol. The molecule has 1 amide bonds. The minimum absolute atomic E-state index is 0.366. The van der Waals surface area contributed by atoms with Gasteiger partial charge in [-0.15, -0.1) is 0 Å². The molecule has 1 saturated heterocycles. The van der Waals surface area contributed by atoms with E-state index < -0.39 is 0 Å². The molecule has 0 aromatic heterocycles. The first-order valence-corrected chi connectivity index (χ1v) is 8.62. The Morgan fingerprint density at radius 2 is 2.04 bits per heavy atom. The summed E-state index contributed by atoms with van der Waals surface area (Å²) in [6.07, 6.45) is 2.44. The van der Waals surface area contributed by atoms with Crippen LogP contribution in [0.1, 0.15) is 29.6 Å². The van der Waals surface area contributed by atoms with Crippen molar-refractivity contribution in [3.8, 4) is 11.5 Å². The van der Waals surface area contributed by atoms with Gasteiger partial charge in [-0.2, -0.15) is 0 Å². The third-order valence-corrected chi connectivity index (χ3v) is 4.07. The molecule has 24 heavy (non-hydrogen) atoms. The first-order valence-electron chi connectivity index (χ1n) is 7.82. The quantitative estimate of drug-likeness (QED) is 0.765. The number of halogens is 1. The Bertz CT molecular complexity index is 701. The number of nitrogens with one attached hydrogen (secondary N) is 1. The monoisotopic (exact) mass is 391 g/mol. The number of carbonyl (C=O) groups is 1. The largest absolute Gasteiger partial charge is 0.456 e. The second kappa shape index (κ2) is 8.28. The van der Waals surface area contributed by atoms with Gasteiger partial charge >= 0.3 is 0 Å². The van der Waals surface area contributed by atoms with Crippen molar-refractivity contribution in [1.29, 1.82) is 0 Å². The average molecular weight is 392 g/mol. The first kappa shape index (κ1) is 17.0. The number of benzene rings is 2. The van der Waals surface area contributed by atoms with Crippen LogP contribution in [0.3, 0.4) is 0 Å². The summed E-state index contributed by atoms with van der Waals surface area (Å²) >= 11 is 3.40. The van der Waals surface area contributed by atoms with Gasteiger partial charge in [0.25, 0.3) is 5.91 Å². The van der Waals surface area contributed by atoms with E-state index >= 15 is 0 Å². The summed E-state index contributed by atoms with van der Waals surface area (Å²) in [5.74, 6) is 0.734. The van der Waals surface area contributed by atoms with Crippen LogP contribution in [0.2, 0.25) is 0 Å². The standard InChI is InChI=1S/C18H18BrNO4/c19-13-6-5-7-14(12-13)23-16-9-2-1-8-15(16)18(21)20-24-17-10-3-4-11-22-17/h1-2,5-9,12,17H,3-4,10-11H2,(H,20,21)/t17-/m1/s1. The first-order chi connectivity index (χ1) is 11.7. The number of hydroxylamine groups is 1. The Morgan fingerprint density at radius 1 is 1.17 bits per heavy atom. The van der Waals surface area contributed by atoms with Gasteiger partial charge in [0.15, 0.2) is 6.29 Å². The van der Waals surface area contributed by atoms with Crippen LogP contribution >= 0.6 is 15.9 Å². The highest BCUT2D eigenvalue weighted by Crippen LogP contribution is 2.27. The van der Waals surface area contributed by atoms with E-state index in [9.17, 15) is 4.79 Å². The van der Waals surface area contributed by atoms with E-state index in [4.69, 9.17) is 14.3 Å². The maximum absolute atomic E-state index is 12.4. The van der Waals surface area contributed by atoms with Crippen LogP contribution in [-0.4, -0.2) is 18.8 Å². The van der Waals surface area contributed by atoms with E-state index in [2.05, 4.69) is 21.4 Å². The number of amides is 1. The zero-order valence-corrected chi connectivity index (χ0v) is 14.6. The normalized spacial score (nSPS) is 17.3. The molecule has 0 unspecified atom stereocenters. The van der Waals surface area contributed by atoms with Crippen molar-refractivity contribution in [1.82, 2.24) is 5.48 Å². The van der Waals surface area contributed by atoms with Crippen LogP contribution in [0.5, 0.6) is 11.5 Å². The lowest BCUT2D eigenvalue weighted by molar-refractivity contribution is -0.186. The molecule has 0 bridgehead atoms. The van der Waals surface area contributed by atoms with Crippen LogP contribution < -0.4 is 10.2 Å². The van der Waals surface area contributed by atoms with Crippen molar-refractivity contribution < 1.29 is 19.1 Å². The lowest BCUT2D eigenvalue weighted by atomic mass is 10.2. The second-order valence-electron chi connectivity index (χ2n) is 5.40. The van der Waals surface area contributed by atoms with E-state index in [0.29, 0.717) is 23.7 Å².